The van der Waals surface area contributed by atoms with Crippen molar-refractivity contribution in [3.05, 3.63) is 0 Å². The molecule has 0 radical (unpaired) electrons. The minimum absolute atomic E-state index is 0.140. The quantitative estimate of drug-likeness (QED) is 0.715. The smallest absolute Gasteiger partial charge is 0.219 e. The number of Topliss-reactive ketones (excluding diaryl/α,β-unsaturated/α-hetero) is 1. The highest BCUT2D eigenvalue weighted by molar-refractivity contribution is 5.80. The lowest BCUT2D eigenvalue weighted by Gasteiger charge is -2.20. The Bertz CT molecular complexity index is 253. The molecule has 4 nitrogen and oxygen atoms in total. The number of ketones is 1. The summed E-state index contributed by atoms with van der Waals surface area (Å²) in [6.45, 7) is 7.53. The zero-order valence-electron chi connectivity index (χ0n) is 10.4. The average Bonchev–Trinajstić information content (AvgIpc) is 2.43. The van der Waals surface area contributed by atoms with Crippen molar-refractivity contribution in [3.8, 4) is 0 Å². The van der Waals surface area contributed by atoms with Crippen molar-refractivity contribution in [1.82, 2.24) is 9.80 Å². The highest BCUT2D eigenvalue weighted by atomic mass is 16.2. The van der Waals surface area contributed by atoms with Crippen LogP contribution in [0.5, 0.6) is 0 Å². The molecule has 0 aliphatic carbocycles. The Morgan fingerprint density at radius 2 is 1.88 bits per heavy atom. The highest BCUT2D eigenvalue weighted by Crippen LogP contribution is 2.04. The second-order valence-corrected chi connectivity index (χ2v) is 4.42. The predicted molar refractivity (Wildman–Crippen MR) is 63.2 cm³/mol. The van der Waals surface area contributed by atoms with E-state index < -0.39 is 0 Å². The molecule has 1 aliphatic rings. The Morgan fingerprint density at radius 3 is 2.50 bits per heavy atom. The number of amides is 1. The Hall–Kier alpha value is -0.900. The van der Waals surface area contributed by atoms with E-state index in [9.17, 15) is 9.59 Å². The van der Waals surface area contributed by atoms with Crippen LogP contribution in [0.2, 0.25) is 0 Å². The zero-order chi connectivity index (χ0) is 12.0. The maximum absolute atomic E-state index is 11.5. The van der Waals surface area contributed by atoms with Crippen molar-refractivity contribution >= 4 is 11.7 Å². The first kappa shape index (κ1) is 13.2. The van der Waals surface area contributed by atoms with Gasteiger partial charge in [0, 0.05) is 39.5 Å². The van der Waals surface area contributed by atoms with Gasteiger partial charge < -0.3 is 4.90 Å². The van der Waals surface area contributed by atoms with Gasteiger partial charge in [0.15, 0.2) is 0 Å². The van der Waals surface area contributed by atoms with Gasteiger partial charge in [-0.15, -0.1) is 0 Å². The third-order valence-corrected chi connectivity index (χ3v) is 2.96. The highest BCUT2D eigenvalue weighted by Gasteiger charge is 2.17. The van der Waals surface area contributed by atoms with E-state index in [1.165, 1.54) is 0 Å². The van der Waals surface area contributed by atoms with Gasteiger partial charge in [-0.05, 0) is 12.8 Å². The summed E-state index contributed by atoms with van der Waals surface area (Å²) in [5.41, 5.74) is 0. The monoisotopic (exact) mass is 226 g/mol. The third kappa shape index (κ3) is 4.31. The molecule has 92 valence electrons. The standard InChI is InChI=1S/C12H22N2O2/c1-3-5-12(16)10-13-6-4-7-14(9-8-13)11(2)15/h3-10H2,1-2H3. The Balaban J connectivity index is 2.35. The summed E-state index contributed by atoms with van der Waals surface area (Å²) < 4.78 is 0. The number of carbonyl (C=O) groups is 2. The fourth-order valence-corrected chi connectivity index (χ4v) is 2.05. The first-order valence-electron chi connectivity index (χ1n) is 6.13. The molecular weight excluding hydrogens is 204 g/mol. The molecule has 0 N–H and O–H groups in total. The van der Waals surface area contributed by atoms with Gasteiger partial charge in [0.1, 0.15) is 5.78 Å². The van der Waals surface area contributed by atoms with E-state index in [4.69, 9.17) is 0 Å². The molecule has 0 saturated carbocycles. The van der Waals surface area contributed by atoms with Crippen LogP contribution in [0, 0.1) is 0 Å². The van der Waals surface area contributed by atoms with Crippen LogP contribution in [0.3, 0.4) is 0 Å². The average molecular weight is 226 g/mol. The number of hydrogen-bond acceptors (Lipinski definition) is 3. The fraction of sp³-hybridized carbons (Fsp3) is 0.833. The molecule has 0 aromatic heterocycles. The van der Waals surface area contributed by atoms with Crippen LogP contribution in [0.15, 0.2) is 0 Å². The second-order valence-electron chi connectivity index (χ2n) is 4.42. The van der Waals surface area contributed by atoms with E-state index in [0.717, 1.165) is 39.0 Å². The summed E-state index contributed by atoms with van der Waals surface area (Å²) in [5, 5.41) is 0. The van der Waals surface area contributed by atoms with Crippen LogP contribution in [0.1, 0.15) is 33.1 Å². The van der Waals surface area contributed by atoms with E-state index in [1.807, 2.05) is 11.8 Å². The van der Waals surface area contributed by atoms with Gasteiger partial charge in [-0.25, -0.2) is 0 Å². The minimum Gasteiger partial charge on any atom is -0.342 e. The van der Waals surface area contributed by atoms with Crippen molar-refractivity contribution in [2.75, 3.05) is 32.7 Å². The molecule has 1 rings (SSSR count). The van der Waals surface area contributed by atoms with Crippen LogP contribution >= 0.6 is 0 Å². The molecular formula is C12H22N2O2. The number of hydrogen-bond donors (Lipinski definition) is 0. The van der Waals surface area contributed by atoms with E-state index in [0.29, 0.717) is 18.7 Å². The van der Waals surface area contributed by atoms with E-state index in [1.54, 1.807) is 6.92 Å². The first-order chi connectivity index (χ1) is 7.63. The summed E-state index contributed by atoms with van der Waals surface area (Å²) in [4.78, 5) is 26.8. The van der Waals surface area contributed by atoms with Crippen LogP contribution in [-0.4, -0.2) is 54.2 Å². The maximum Gasteiger partial charge on any atom is 0.219 e. The molecule has 1 amide bonds. The van der Waals surface area contributed by atoms with Crippen LogP contribution < -0.4 is 0 Å². The largest absolute Gasteiger partial charge is 0.342 e. The summed E-state index contributed by atoms with van der Waals surface area (Å²) in [6.07, 6.45) is 2.57. The van der Waals surface area contributed by atoms with Gasteiger partial charge in [-0.3, -0.25) is 14.5 Å². The lowest BCUT2D eigenvalue weighted by molar-refractivity contribution is -0.128. The Labute approximate surface area is 97.6 Å². The van der Waals surface area contributed by atoms with Gasteiger partial charge in [0.2, 0.25) is 5.91 Å². The zero-order valence-corrected chi connectivity index (χ0v) is 10.4. The summed E-state index contributed by atoms with van der Waals surface area (Å²) in [6, 6.07) is 0. The topological polar surface area (TPSA) is 40.6 Å². The third-order valence-electron chi connectivity index (χ3n) is 2.96. The molecule has 0 unspecified atom stereocenters. The lowest BCUT2D eigenvalue weighted by atomic mass is 10.2. The van der Waals surface area contributed by atoms with Gasteiger partial charge >= 0.3 is 0 Å². The fourth-order valence-electron chi connectivity index (χ4n) is 2.05. The Kier molecular flexibility index (Phi) is 5.46. The summed E-state index contributed by atoms with van der Waals surface area (Å²) in [5.74, 6) is 0.459. The maximum atomic E-state index is 11.5. The minimum atomic E-state index is 0.140. The molecule has 0 atom stereocenters. The van der Waals surface area contributed by atoms with E-state index in [-0.39, 0.29) is 5.91 Å². The molecule has 0 aromatic rings. The SMILES string of the molecule is CCCC(=O)CN1CCCN(C(C)=O)CC1. The van der Waals surface area contributed by atoms with Crippen molar-refractivity contribution in [2.45, 2.75) is 33.1 Å². The van der Waals surface area contributed by atoms with Crippen molar-refractivity contribution < 1.29 is 9.59 Å². The summed E-state index contributed by atoms with van der Waals surface area (Å²) in [7, 11) is 0. The molecule has 1 fully saturated rings. The van der Waals surface area contributed by atoms with Crippen molar-refractivity contribution in [1.29, 1.82) is 0 Å². The normalized spacial score (nSPS) is 18.2. The van der Waals surface area contributed by atoms with Crippen LogP contribution in [0.25, 0.3) is 0 Å². The molecule has 1 saturated heterocycles. The molecule has 16 heavy (non-hydrogen) atoms. The second kappa shape index (κ2) is 6.63. The van der Waals surface area contributed by atoms with Gasteiger partial charge in [0.05, 0.1) is 6.54 Å². The van der Waals surface area contributed by atoms with E-state index >= 15 is 0 Å². The molecule has 1 heterocycles. The van der Waals surface area contributed by atoms with Crippen molar-refractivity contribution in [3.63, 3.8) is 0 Å². The number of rotatable bonds is 4. The van der Waals surface area contributed by atoms with Gasteiger partial charge in [0.25, 0.3) is 0 Å². The number of carbonyl (C=O) groups excluding carboxylic acids is 2. The van der Waals surface area contributed by atoms with Gasteiger partial charge in [-0.1, -0.05) is 6.92 Å². The van der Waals surface area contributed by atoms with Gasteiger partial charge in [-0.2, -0.15) is 0 Å². The lowest BCUT2D eigenvalue weighted by Crippen LogP contribution is -2.35. The Morgan fingerprint density at radius 1 is 1.12 bits per heavy atom. The molecule has 1 aliphatic heterocycles. The van der Waals surface area contributed by atoms with Crippen molar-refractivity contribution in [2.24, 2.45) is 0 Å². The predicted octanol–water partition coefficient (Wildman–Crippen LogP) is 0.910. The molecule has 0 spiro atoms. The number of nitrogens with zero attached hydrogens (tertiary/aromatic N) is 2. The molecule has 0 aromatic carbocycles. The van der Waals surface area contributed by atoms with Crippen LogP contribution in [-0.2, 0) is 9.59 Å². The summed E-state index contributed by atoms with van der Waals surface area (Å²) >= 11 is 0. The first-order valence-corrected chi connectivity index (χ1v) is 6.13. The molecule has 4 heteroatoms. The van der Waals surface area contributed by atoms with E-state index in [2.05, 4.69) is 4.90 Å². The molecule has 0 bridgehead atoms. The van der Waals surface area contributed by atoms with Crippen LogP contribution in [0.4, 0.5) is 0 Å².